The maximum Gasteiger partial charge on any atom is 0.337 e. The molecule has 0 unspecified atom stereocenters. The van der Waals surface area contributed by atoms with Crippen molar-refractivity contribution in [1.82, 2.24) is 19.7 Å². The highest BCUT2D eigenvalue weighted by Crippen LogP contribution is 2.39. The second kappa shape index (κ2) is 9.57. The molecule has 0 spiro atoms. The van der Waals surface area contributed by atoms with Crippen LogP contribution in [0.3, 0.4) is 0 Å². The Morgan fingerprint density at radius 2 is 1.77 bits per heavy atom. The molecule has 2 aromatic heterocycles. The number of aryl methyl sites for hydroxylation is 1. The Bertz CT molecular complexity index is 1640. The highest BCUT2D eigenvalue weighted by molar-refractivity contribution is 6.34. The summed E-state index contributed by atoms with van der Waals surface area (Å²) in [7, 11) is 1.21. The number of carbonyl (C=O) groups excluding carboxylic acids is 3. The van der Waals surface area contributed by atoms with Crippen LogP contribution in [0, 0.1) is 12.7 Å². The molecule has 39 heavy (non-hydrogen) atoms. The van der Waals surface area contributed by atoms with Crippen molar-refractivity contribution in [3.63, 3.8) is 0 Å². The first-order valence-corrected chi connectivity index (χ1v) is 13.1. The molecule has 0 atom stereocenters. The minimum Gasteiger partial charge on any atom is -0.465 e. The van der Waals surface area contributed by atoms with Gasteiger partial charge in [0.1, 0.15) is 17.0 Å². The molecule has 0 bridgehead atoms. The number of rotatable bonds is 6. The van der Waals surface area contributed by atoms with Gasteiger partial charge in [-0.05, 0) is 68.5 Å². The van der Waals surface area contributed by atoms with Gasteiger partial charge in [-0.15, -0.1) is 0 Å². The van der Waals surface area contributed by atoms with Crippen LogP contribution in [-0.2, 0) is 4.74 Å². The number of amides is 1. The predicted octanol–water partition coefficient (Wildman–Crippen LogP) is 5.44. The minimum absolute atomic E-state index is 0.0337. The fraction of sp³-hybridized carbons (Fsp3) is 0.276. The lowest BCUT2D eigenvalue weighted by atomic mass is 10.1. The predicted molar refractivity (Wildman–Crippen MR) is 142 cm³/mol. The second-order valence-corrected chi connectivity index (χ2v) is 10.4. The molecule has 0 aliphatic heterocycles. The molecule has 2 aliphatic rings. The first-order chi connectivity index (χ1) is 18.8. The van der Waals surface area contributed by atoms with E-state index >= 15 is 4.39 Å². The van der Waals surface area contributed by atoms with Crippen LogP contribution in [0.15, 0.2) is 48.7 Å². The standard InChI is InChI=1S/C29H24ClFN4O4/c1-15-4-3-5-21(30)24(15)28(37)35-23-13-17(27(36)34(18-7-8-18)19-9-10-19)14-32-26(23)25(33-35)20-11-6-16(12-22(20)31)29(38)39-2/h3-6,11-14,18-19H,7-10H2,1-2H3. The van der Waals surface area contributed by atoms with E-state index in [2.05, 4.69) is 14.8 Å². The van der Waals surface area contributed by atoms with Crippen LogP contribution in [0.25, 0.3) is 22.3 Å². The molecular weight excluding hydrogens is 523 g/mol. The lowest BCUT2D eigenvalue weighted by Gasteiger charge is -2.22. The minimum atomic E-state index is -0.735. The number of methoxy groups -OCH3 is 1. The lowest BCUT2D eigenvalue weighted by molar-refractivity contribution is 0.0599. The van der Waals surface area contributed by atoms with E-state index in [9.17, 15) is 14.4 Å². The summed E-state index contributed by atoms with van der Waals surface area (Å²) < 4.78 is 21.1. The van der Waals surface area contributed by atoms with Gasteiger partial charge < -0.3 is 9.64 Å². The summed E-state index contributed by atoms with van der Waals surface area (Å²) in [5.74, 6) is -2.09. The quantitative estimate of drug-likeness (QED) is 0.299. The van der Waals surface area contributed by atoms with Crippen LogP contribution in [0.1, 0.15) is 62.3 Å². The van der Waals surface area contributed by atoms with E-state index in [0.29, 0.717) is 11.1 Å². The summed E-state index contributed by atoms with van der Waals surface area (Å²) in [6.45, 7) is 1.76. The summed E-state index contributed by atoms with van der Waals surface area (Å²) in [6.07, 6.45) is 5.36. The van der Waals surface area contributed by atoms with Gasteiger partial charge in [0.2, 0.25) is 0 Å². The molecule has 2 aromatic carbocycles. The maximum absolute atomic E-state index is 15.3. The molecular formula is C29H24ClFN4O4. The Labute approximate surface area is 228 Å². The van der Waals surface area contributed by atoms with E-state index in [0.717, 1.165) is 36.4 Å². The van der Waals surface area contributed by atoms with E-state index in [1.807, 2.05) is 4.90 Å². The fourth-order valence-electron chi connectivity index (χ4n) is 4.90. The third kappa shape index (κ3) is 4.46. The number of benzene rings is 2. The van der Waals surface area contributed by atoms with Crippen LogP contribution < -0.4 is 0 Å². The smallest absolute Gasteiger partial charge is 0.337 e. The van der Waals surface area contributed by atoms with Crippen molar-refractivity contribution < 1.29 is 23.5 Å². The normalized spacial score (nSPS) is 14.9. The summed E-state index contributed by atoms with van der Waals surface area (Å²) in [6, 6.07) is 11.0. The van der Waals surface area contributed by atoms with Crippen molar-refractivity contribution >= 4 is 40.4 Å². The van der Waals surface area contributed by atoms with Crippen LogP contribution in [0.2, 0.25) is 5.02 Å². The van der Waals surface area contributed by atoms with E-state index in [1.165, 1.54) is 25.4 Å². The number of fused-ring (bicyclic) bond motifs is 1. The number of esters is 1. The number of halogens is 2. The number of ether oxygens (including phenoxy) is 1. The van der Waals surface area contributed by atoms with Gasteiger partial charge in [-0.1, -0.05) is 23.7 Å². The summed E-state index contributed by atoms with van der Waals surface area (Å²) in [5.41, 5.74) is 1.87. The topological polar surface area (TPSA) is 94.4 Å². The van der Waals surface area contributed by atoms with Crippen molar-refractivity contribution in [2.24, 2.45) is 0 Å². The van der Waals surface area contributed by atoms with Gasteiger partial charge in [-0.25, -0.2) is 9.18 Å². The van der Waals surface area contributed by atoms with Crippen LogP contribution in [0.4, 0.5) is 4.39 Å². The number of hydrogen-bond acceptors (Lipinski definition) is 6. The lowest BCUT2D eigenvalue weighted by Crippen LogP contribution is -2.35. The SMILES string of the molecule is COC(=O)c1ccc(-c2nn(C(=O)c3c(C)cccc3Cl)c3cc(C(=O)N(C4CC4)C4CC4)cnc23)c(F)c1. The van der Waals surface area contributed by atoms with E-state index < -0.39 is 17.7 Å². The van der Waals surface area contributed by atoms with Gasteiger partial charge in [0.15, 0.2) is 0 Å². The molecule has 8 nitrogen and oxygen atoms in total. The van der Waals surface area contributed by atoms with Crippen LogP contribution in [-0.4, -0.2) is 56.6 Å². The molecule has 2 saturated carbocycles. The van der Waals surface area contributed by atoms with Crippen LogP contribution >= 0.6 is 11.6 Å². The Kier molecular flexibility index (Phi) is 6.18. The Hall–Kier alpha value is -4.11. The van der Waals surface area contributed by atoms with Crippen molar-refractivity contribution in [3.8, 4) is 11.3 Å². The van der Waals surface area contributed by atoms with E-state index in [1.54, 1.807) is 31.2 Å². The Morgan fingerprint density at radius 1 is 1.05 bits per heavy atom. The zero-order valence-corrected chi connectivity index (χ0v) is 22.0. The number of hydrogen-bond donors (Lipinski definition) is 0. The summed E-state index contributed by atoms with van der Waals surface area (Å²) in [4.78, 5) is 45.6. The molecule has 1 amide bonds. The molecule has 0 radical (unpaired) electrons. The van der Waals surface area contributed by atoms with Crippen molar-refractivity contribution in [2.45, 2.75) is 44.7 Å². The largest absolute Gasteiger partial charge is 0.465 e. The summed E-state index contributed by atoms with van der Waals surface area (Å²) in [5, 5.41) is 4.72. The van der Waals surface area contributed by atoms with Gasteiger partial charge >= 0.3 is 5.97 Å². The molecule has 0 N–H and O–H groups in total. The van der Waals surface area contributed by atoms with Gasteiger partial charge in [-0.3, -0.25) is 14.6 Å². The number of aromatic nitrogens is 3. The Morgan fingerprint density at radius 3 is 2.38 bits per heavy atom. The molecule has 2 heterocycles. The second-order valence-electron chi connectivity index (χ2n) is 9.95. The number of nitrogens with zero attached hydrogens (tertiary/aromatic N) is 4. The van der Waals surface area contributed by atoms with Gasteiger partial charge in [0.25, 0.3) is 11.8 Å². The van der Waals surface area contributed by atoms with E-state index in [-0.39, 0.29) is 56.4 Å². The molecule has 10 heteroatoms. The number of pyridine rings is 1. The molecule has 4 aromatic rings. The van der Waals surface area contributed by atoms with Gasteiger partial charge in [0, 0.05) is 23.8 Å². The monoisotopic (exact) mass is 546 g/mol. The fourth-order valence-corrected chi connectivity index (χ4v) is 5.20. The maximum atomic E-state index is 15.3. The van der Waals surface area contributed by atoms with E-state index in [4.69, 9.17) is 11.6 Å². The number of carbonyl (C=O) groups is 3. The zero-order valence-electron chi connectivity index (χ0n) is 21.3. The third-order valence-corrected chi connectivity index (χ3v) is 7.47. The molecule has 198 valence electrons. The third-order valence-electron chi connectivity index (χ3n) is 7.16. The molecule has 2 fully saturated rings. The van der Waals surface area contributed by atoms with Gasteiger partial charge in [-0.2, -0.15) is 9.78 Å². The average Bonchev–Trinajstić information content (AvgIpc) is 3.87. The summed E-state index contributed by atoms with van der Waals surface area (Å²) >= 11 is 6.40. The molecule has 2 aliphatic carbocycles. The zero-order chi connectivity index (χ0) is 27.4. The highest BCUT2D eigenvalue weighted by Gasteiger charge is 2.42. The average molecular weight is 547 g/mol. The van der Waals surface area contributed by atoms with Crippen LogP contribution in [0.5, 0.6) is 0 Å². The van der Waals surface area contributed by atoms with Crippen molar-refractivity contribution in [1.29, 1.82) is 0 Å². The van der Waals surface area contributed by atoms with Crippen molar-refractivity contribution in [2.75, 3.05) is 7.11 Å². The molecule has 6 rings (SSSR count). The first-order valence-electron chi connectivity index (χ1n) is 12.7. The first kappa shape index (κ1) is 25.2. The highest BCUT2D eigenvalue weighted by atomic mass is 35.5. The Balaban J connectivity index is 1.52. The van der Waals surface area contributed by atoms with Gasteiger partial charge in [0.05, 0.1) is 34.3 Å². The molecule has 0 saturated heterocycles. The van der Waals surface area contributed by atoms with Crippen molar-refractivity contribution in [3.05, 3.63) is 81.8 Å².